The molecule has 0 spiro atoms. The van der Waals surface area contributed by atoms with Gasteiger partial charge >= 0.3 is 0 Å². The van der Waals surface area contributed by atoms with Gasteiger partial charge in [-0.2, -0.15) is 0 Å². The molecule has 1 N–H and O–H groups in total. The smallest absolute Gasteiger partial charge is 0.180 e. The van der Waals surface area contributed by atoms with Crippen LogP contribution in [0.3, 0.4) is 0 Å². The van der Waals surface area contributed by atoms with E-state index in [1.165, 1.54) is 38.9 Å². The van der Waals surface area contributed by atoms with E-state index < -0.39 is 0 Å². The Morgan fingerprint density at radius 3 is 2.94 bits per heavy atom. The molecule has 0 aromatic carbocycles. The number of oxazole rings is 1. The van der Waals surface area contributed by atoms with E-state index >= 15 is 0 Å². The maximum absolute atomic E-state index is 4.98. The van der Waals surface area contributed by atoms with Gasteiger partial charge in [0.2, 0.25) is 0 Å². The molecule has 1 aromatic rings. The highest BCUT2D eigenvalue weighted by molar-refractivity contribution is 4.91. The lowest BCUT2D eigenvalue weighted by molar-refractivity contribution is 0.174. The fourth-order valence-corrected chi connectivity index (χ4v) is 2.24. The Bertz CT molecular complexity index is 278. The minimum atomic E-state index is 0.855. The van der Waals surface area contributed by atoms with Gasteiger partial charge < -0.3 is 9.73 Å². The van der Waals surface area contributed by atoms with E-state index in [-0.39, 0.29) is 0 Å². The molecular weight excluding hydrogens is 202 g/mol. The Morgan fingerprint density at radius 1 is 1.50 bits per heavy atom. The zero-order valence-corrected chi connectivity index (χ0v) is 9.98. The number of nitrogens with one attached hydrogen (secondary N) is 1. The summed E-state index contributed by atoms with van der Waals surface area (Å²) >= 11 is 0. The Kier molecular flexibility index (Phi) is 4.36. The molecule has 16 heavy (non-hydrogen) atoms. The molecule has 0 amide bonds. The highest BCUT2D eigenvalue weighted by Gasteiger charge is 2.19. The van der Waals surface area contributed by atoms with Crippen LogP contribution < -0.4 is 5.32 Å². The van der Waals surface area contributed by atoms with Gasteiger partial charge in [0.1, 0.15) is 6.26 Å². The Balaban J connectivity index is 1.69. The third-order valence-corrected chi connectivity index (χ3v) is 3.26. The fraction of sp³-hybridized carbons (Fsp3) is 0.750. The third-order valence-electron chi connectivity index (χ3n) is 3.26. The highest BCUT2D eigenvalue weighted by Crippen LogP contribution is 2.17. The number of piperidine rings is 1. The predicted octanol–water partition coefficient (Wildman–Crippen LogP) is 1.50. The van der Waals surface area contributed by atoms with Crippen molar-refractivity contribution in [3.8, 4) is 0 Å². The van der Waals surface area contributed by atoms with Crippen LogP contribution in [0.1, 0.15) is 25.5 Å². The van der Waals surface area contributed by atoms with Gasteiger partial charge in [-0.15, -0.1) is 0 Å². The number of hydrogen-bond donors (Lipinski definition) is 1. The molecule has 1 aliphatic rings. The summed E-state index contributed by atoms with van der Waals surface area (Å²) in [6, 6.07) is 0. The summed E-state index contributed by atoms with van der Waals surface area (Å²) in [6.45, 7) is 7.73. The van der Waals surface area contributed by atoms with Crippen LogP contribution in [0, 0.1) is 5.92 Å². The lowest BCUT2D eigenvalue weighted by atomic mass is 9.97. The van der Waals surface area contributed by atoms with Crippen LogP contribution in [0.5, 0.6) is 0 Å². The van der Waals surface area contributed by atoms with Crippen LogP contribution >= 0.6 is 0 Å². The SMILES string of the molecule is CCNCC1CCN(Cc2cocn2)CC1. The maximum atomic E-state index is 4.98. The fourth-order valence-electron chi connectivity index (χ4n) is 2.24. The van der Waals surface area contributed by atoms with E-state index in [2.05, 4.69) is 22.1 Å². The lowest BCUT2D eigenvalue weighted by Crippen LogP contribution is -2.36. The minimum absolute atomic E-state index is 0.855. The zero-order chi connectivity index (χ0) is 11.2. The van der Waals surface area contributed by atoms with Crippen molar-refractivity contribution in [2.24, 2.45) is 5.92 Å². The Hall–Kier alpha value is -0.870. The summed E-state index contributed by atoms with van der Waals surface area (Å²) in [5.41, 5.74) is 1.05. The standard InChI is InChI=1S/C12H21N3O/c1-2-13-7-11-3-5-15(6-4-11)8-12-9-16-10-14-12/h9-11,13H,2-8H2,1H3. The van der Waals surface area contributed by atoms with Gasteiger partial charge in [0.05, 0.1) is 5.69 Å². The summed E-state index contributed by atoms with van der Waals surface area (Å²) in [6.07, 6.45) is 5.84. The zero-order valence-electron chi connectivity index (χ0n) is 9.98. The lowest BCUT2D eigenvalue weighted by Gasteiger charge is -2.31. The van der Waals surface area contributed by atoms with E-state index in [1.54, 1.807) is 6.26 Å². The second kappa shape index (κ2) is 6.01. The van der Waals surface area contributed by atoms with Crippen molar-refractivity contribution in [2.45, 2.75) is 26.3 Å². The molecule has 4 heteroatoms. The van der Waals surface area contributed by atoms with Gasteiger partial charge in [0, 0.05) is 6.54 Å². The molecule has 1 saturated heterocycles. The first-order valence-electron chi connectivity index (χ1n) is 6.18. The maximum Gasteiger partial charge on any atom is 0.180 e. The number of likely N-dealkylation sites (tertiary alicyclic amines) is 1. The molecule has 0 radical (unpaired) electrons. The van der Waals surface area contributed by atoms with Crippen molar-refractivity contribution in [3.05, 3.63) is 18.4 Å². The van der Waals surface area contributed by atoms with Crippen LogP contribution in [-0.4, -0.2) is 36.1 Å². The largest absolute Gasteiger partial charge is 0.451 e. The molecule has 0 saturated carbocycles. The van der Waals surface area contributed by atoms with Crippen LogP contribution in [0.25, 0.3) is 0 Å². The van der Waals surface area contributed by atoms with Gasteiger partial charge in [0.15, 0.2) is 6.39 Å². The van der Waals surface area contributed by atoms with Crippen molar-refractivity contribution in [3.63, 3.8) is 0 Å². The van der Waals surface area contributed by atoms with Crippen molar-refractivity contribution in [1.29, 1.82) is 0 Å². The number of hydrogen-bond acceptors (Lipinski definition) is 4. The highest BCUT2D eigenvalue weighted by atomic mass is 16.3. The van der Waals surface area contributed by atoms with Gasteiger partial charge in [-0.3, -0.25) is 4.90 Å². The van der Waals surface area contributed by atoms with Crippen LogP contribution in [0.15, 0.2) is 17.1 Å². The number of rotatable bonds is 5. The van der Waals surface area contributed by atoms with Crippen molar-refractivity contribution in [1.82, 2.24) is 15.2 Å². The monoisotopic (exact) mass is 223 g/mol. The number of nitrogens with zero attached hydrogens (tertiary/aromatic N) is 2. The first-order chi connectivity index (χ1) is 7.88. The minimum Gasteiger partial charge on any atom is -0.451 e. The molecule has 2 heterocycles. The normalized spacial score (nSPS) is 19.1. The second-order valence-corrected chi connectivity index (χ2v) is 4.51. The molecule has 1 fully saturated rings. The molecule has 0 bridgehead atoms. The summed E-state index contributed by atoms with van der Waals surface area (Å²) in [5, 5.41) is 3.43. The molecular formula is C12H21N3O. The van der Waals surface area contributed by atoms with E-state index in [4.69, 9.17) is 4.42 Å². The van der Waals surface area contributed by atoms with E-state index in [0.29, 0.717) is 0 Å². The average Bonchev–Trinajstić information content (AvgIpc) is 2.81. The third kappa shape index (κ3) is 3.32. The van der Waals surface area contributed by atoms with Crippen molar-refractivity contribution < 1.29 is 4.42 Å². The average molecular weight is 223 g/mol. The summed E-state index contributed by atoms with van der Waals surface area (Å²) in [4.78, 5) is 6.62. The quantitative estimate of drug-likeness (QED) is 0.821. The van der Waals surface area contributed by atoms with Crippen molar-refractivity contribution in [2.75, 3.05) is 26.2 Å². The molecule has 0 aliphatic carbocycles. The van der Waals surface area contributed by atoms with Crippen LogP contribution in [-0.2, 0) is 6.54 Å². The molecule has 0 unspecified atom stereocenters. The van der Waals surface area contributed by atoms with Gasteiger partial charge in [0.25, 0.3) is 0 Å². The molecule has 90 valence electrons. The van der Waals surface area contributed by atoms with E-state index in [1.807, 2.05) is 0 Å². The molecule has 0 atom stereocenters. The van der Waals surface area contributed by atoms with E-state index in [9.17, 15) is 0 Å². The first-order valence-corrected chi connectivity index (χ1v) is 6.18. The molecule has 1 aromatic heterocycles. The van der Waals surface area contributed by atoms with Gasteiger partial charge in [-0.05, 0) is 44.9 Å². The topological polar surface area (TPSA) is 41.3 Å². The van der Waals surface area contributed by atoms with E-state index in [0.717, 1.165) is 24.7 Å². The van der Waals surface area contributed by atoms with Crippen LogP contribution in [0.4, 0.5) is 0 Å². The van der Waals surface area contributed by atoms with Gasteiger partial charge in [-0.25, -0.2) is 4.98 Å². The predicted molar refractivity (Wildman–Crippen MR) is 63.0 cm³/mol. The molecule has 4 nitrogen and oxygen atoms in total. The van der Waals surface area contributed by atoms with Crippen LogP contribution in [0.2, 0.25) is 0 Å². The van der Waals surface area contributed by atoms with Gasteiger partial charge in [-0.1, -0.05) is 6.92 Å². The summed E-state index contributed by atoms with van der Waals surface area (Å²) in [7, 11) is 0. The summed E-state index contributed by atoms with van der Waals surface area (Å²) < 4.78 is 4.98. The first kappa shape index (κ1) is 11.6. The second-order valence-electron chi connectivity index (χ2n) is 4.51. The number of aromatic nitrogens is 1. The molecule has 1 aliphatic heterocycles. The molecule has 2 rings (SSSR count). The Morgan fingerprint density at radius 2 is 2.31 bits per heavy atom. The Labute approximate surface area is 97.0 Å². The van der Waals surface area contributed by atoms with Crippen molar-refractivity contribution >= 4 is 0 Å². The summed E-state index contributed by atoms with van der Waals surface area (Å²) in [5.74, 6) is 0.855.